The Morgan fingerprint density at radius 1 is 1.24 bits per heavy atom. The molecule has 0 aliphatic rings. The molecule has 0 aliphatic heterocycles. The fourth-order valence-corrected chi connectivity index (χ4v) is 2.20. The summed E-state index contributed by atoms with van der Waals surface area (Å²) in [5, 5.41) is 4.52. The predicted octanol–water partition coefficient (Wildman–Crippen LogP) is 4.41. The van der Waals surface area contributed by atoms with Gasteiger partial charge in [0.25, 0.3) is 0 Å². The van der Waals surface area contributed by atoms with Gasteiger partial charge in [0.2, 0.25) is 0 Å². The van der Waals surface area contributed by atoms with Crippen molar-refractivity contribution < 1.29 is 4.42 Å². The molecule has 0 fully saturated rings. The van der Waals surface area contributed by atoms with Crippen molar-refractivity contribution in [2.45, 2.75) is 33.2 Å². The smallest absolute Gasteiger partial charge is 0.198 e. The fourth-order valence-electron chi connectivity index (χ4n) is 2.20. The highest BCUT2D eigenvalue weighted by molar-refractivity contribution is 5.91. The molecule has 108 valence electrons. The quantitative estimate of drug-likeness (QED) is 0.769. The van der Waals surface area contributed by atoms with Crippen molar-refractivity contribution in [3.63, 3.8) is 0 Å². The van der Waals surface area contributed by atoms with E-state index in [1.165, 1.54) is 5.56 Å². The number of aryl methyl sites for hydroxylation is 1. The number of rotatable bonds is 4. The average molecular weight is 281 g/mol. The summed E-state index contributed by atoms with van der Waals surface area (Å²) in [5.41, 5.74) is 2.12. The minimum absolute atomic E-state index is 0.355. The number of fused-ring (bicyclic) bond motifs is 1. The number of hydrogen-bond acceptors (Lipinski definition) is 4. The van der Waals surface area contributed by atoms with Crippen LogP contribution in [0.15, 0.2) is 41.0 Å². The van der Waals surface area contributed by atoms with Crippen LogP contribution in [0.1, 0.15) is 25.8 Å². The van der Waals surface area contributed by atoms with Gasteiger partial charge in [-0.05, 0) is 44.5 Å². The highest BCUT2D eigenvalue weighted by Crippen LogP contribution is 2.26. The third-order valence-electron chi connectivity index (χ3n) is 3.59. The van der Waals surface area contributed by atoms with Crippen LogP contribution in [0.5, 0.6) is 0 Å². The molecule has 3 aromatic rings. The minimum atomic E-state index is 0.355. The molecule has 0 amide bonds. The lowest BCUT2D eigenvalue weighted by Gasteiger charge is -2.15. The summed E-state index contributed by atoms with van der Waals surface area (Å²) >= 11 is 0. The molecule has 1 atom stereocenters. The molecular weight excluding hydrogens is 262 g/mol. The van der Waals surface area contributed by atoms with Crippen LogP contribution < -0.4 is 5.32 Å². The van der Waals surface area contributed by atoms with E-state index in [9.17, 15) is 0 Å². The van der Waals surface area contributed by atoms with E-state index in [-0.39, 0.29) is 0 Å². The lowest BCUT2D eigenvalue weighted by molar-refractivity contribution is 0.577. The lowest BCUT2D eigenvalue weighted by Crippen LogP contribution is -2.15. The molecule has 4 nitrogen and oxygen atoms in total. The van der Waals surface area contributed by atoms with Gasteiger partial charge in [0, 0.05) is 11.4 Å². The molecule has 1 N–H and O–H groups in total. The Hall–Kier alpha value is -2.36. The summed E-state index contributed by atoms with van der Waals surface area (Å²) < 4.78 is 5.43. The Bertz CT molecular complexity index is 750. The number of anilines is 1. The highest BCUT2D eigenvalue weighted by atomic mass is 16.3. The Kier molecular flexibility index (Phi) is 3.60. The van der Waals surface area contributed by atoms with Gasteiger partial charge in [-0.1, -0.05) is 18.6 Å². The van der Waals surface area contributed by atoms with Crippen LogP contribution in [0.3, 0.4) is 0 Å². The first kappa shape index (κ1) is 13.6. The second-order valence-electron chi connectivity index (χ2n) is 5.35. The number of nitrogens with one attached hydrogen (secondary N) is 1. The van der Waals surface area contributed by atoms with Gasteiger partial charge in [0.05, 0.1) is 11.8 Å². The average Bonchev–Trinajstić information content (AvgIpc) is 3.01. The van der Waals surface area contributed by atoms with E-state index in [1.54, 1.807) is 6.26 Å². The molecule has 21 heavy (non-hydrogen) atoms. The molecule has 0 bridgehead atoms. The molecule has 0 saturated carbocycles. The van der Waals surface area contributed by atoms with Crippen molar-refractivity contribution in [3.8, 4) is 11.6 Å². The van der Waals surface area contributed by atoms with Gasteiger partial charge in [-0.15, -0.1) is 0 Å². The largest absolute Gasteiger partial charge is 0.461 e. The summed E-state index contributed by atoms with van der Waals surface area (Å²) in [4.78, 5) is 9.26. The topological polar surface area (TPSA) is 51.0 Å². The van der Waals surface area contributed by atoms with Crippen molar-refractivity contribution in [1.82, 2.24) is 9.97 Å². The second-order valence-corrected chi connectivity index (χ2v) is 5.35. The van der Waals surface area contributed by atoms with Crippen LogP contribution in [-0.4, -0.2) is 16.0 Å². The maximum Gasteiger partial charge on any atom is 0.198 e. The third-order valence-corrected chi connectivity index (χ3v) is 3.59. The molecule has 0 unspecified atom stereocenters. The third kappa shape index (κ3) is 2.75. The van der Waals surface area contributed by atoms with Gasteiger partial charge in [-0.2, -0.15) is 0 Å². The first-order chi connectivity index (χ1) is 10.2. The van der Waals surface area contributed by atoms with Crippen LogP contribution in [0.4, 0.5) is 5.82 Å². The molecular formula is C17H19N3O. The van der Waals surface area contributed by atoms with Gasteiger partial charge in [-0.3, -0.25) is 0 Å². The lowest BCUT2D eigenvalue weighted by atomic mass is 10.1. The van der Waals surface area contributed by atoms with Crippen LogP contribution in [0, 0.1) is 6.92 Å². The van der Waals surface area contributed by atoms with Crippen molar-refractivity contribution in [3.05, 3.63) is 42.2 Å². The Labute approximate surface area is 124 Å². The number of aromatic nitrogens is 2. The highest BCUT2D eigenvalue weighted by Gasteiger charge is 2.12. The molecule has 2 heterocycles. The first-order valence-corrected chi connectivity index (χ1v) is 7.26. The van der Waals surface area contributed by atoms with Gasteiger partial charge in [-0.25, -0.2) is 9.97 Å². The molecule has 3 rings (SSSR count). The molecule has 0 radical (unpaired) electrons. The van der Waals surface area contributed by atoms with E-state index in [1.807, 2.05) is 18.2 Å². The van der Waals surface area contributed by atoms with E-state index >= 15 is 0 Å². The standard InChI is InChI=1S/C17H19N3O/c1-4-12(3)18-16-13-10-11(2)7-8-14(13)19-17(20-16)15-6-5-9-21-15/h5-10,12H,4H2,1-3H3,(H,18,19,20)/t12-/m1/s1. The van der Waals surface area contributed by atoms with E-state index in [2.05, 4.69) is 48.2 Å². The fraction of sp³-hybridized carbons (Fsp3) is 0.294. The predicted molar refractivity (Wildman–Crippen MR) is 85.4 cm³/mol. The SMILES string of the molecule is CC[C@@H](C)Nc1nc(-c2ccco2)nc2ccc(C)cc12. The molecule has 4 heteroatoms. The van der Waals surface area contributed by atoms with Gasteiger partial charge in [0.1, 0.15) is 5.82 Å². The Morgan fingerprint density at radius 3 is 2.81 bits per heavy atom. The molecule has 0 spiro atoms. The number of furan rings is 1. The Balaban J connectivity index is 2.17. The van der Waals surface area contributed by atoms with Gasteiger partial charge >= 0.3 is 0 Å². The van der Waals surface area contributed by atoms with Gasteiger partial charge < -0.3 is 9.73 Å². The normalized spacial score (nSPS) is 12.5. The van der Waals surface area contributed by atoms with Crippen molar-refractivity contribution >= 4 is 16.7 Å². The summed E-state index contributed by atoms with van der Waals surface area (Å²) in [6.07, 6.45) is 2.67. The van der Waals surface area contributed by atoms with Gasteiger partial charge in [0.15, 0.2) is 11.6 Å². The van der Waals surface area contributed by atoms with E-state index < -0.39 is 0 Å². The monoisotopic (exact) mass is 281 g/mol. The summed E-state index contributed by atoms with van der Waals surface area (Å²) in [7, 11) is 0. The van der Waals surface area contributed by atoms with Crippen LogP contribution in [-0.2, 0) is 0 Å². The van der Waals surface area contributed by atoms with Crippen molar-refractivity contribution in [2.75, 3.05) is 5.32 Å². The van der Waals surface area contributed by atoms with Crippen LogP contribution in [0.2, 0.25) is 0 Å². The Morgan fingerprint density at radius 2 is 2.10 bits per heavy atom. The minimum Gasteiger partial charge on any atom is -0.461 e. The van der Waals surface area contributed by atoms with Crippen LogP contribution >= 0.6 is 0 Å². The maximum atomic E-state index is 5.43. The summed E-state index contributed by atoms with van der Waals surface area (Å²) in [5.74, 6) is 2.16. The molecule has 1 aromatic carbocycles. The maximum absolute atomic E-state index is 5.43. The van der Waals surface area contributed by atoms with E-state index in [0.717, 1.165) is 23.1 Å². The molecule has 0 aliphatic carbocycles. The zero-order valence-corrected chi connectivity index (χ0v) is 12.6. The van der Waals surface area contributed by atoms with Crippen molar-refractivity contribution in [2.24, 2.45) is 0 Å². The van der Waals surface area contributed by atoms with Crippen molar-refractivity contribution in [1.29, 1.82) is 0 Å². The first-order valence-electron chi connectivity index (χ1n) is 7.26. The molecule has 2 aromatic heterocycles. The number of hydrogen-bond donors (Lipinski definition) is 1. The molecule has 0 saturated heterocycles. The summed E-state index contributed by atoms with van der Waals surface area (Å²) in [6.45, 7) is 6.38. The van der Waals surface area contributed by atoms with E-state index in [4.69, 9.17) is 4.42 Å². The second kappa shape index (κ2) is 5.56. The van der Waals surface area contributed by atoms with Crippen LogP contribution in [0.25, 0.3) is 22.5 Å². The zero-order chi connectivity index (χ0) is 14.8. The summed E-state index contributed by atoms with van der Waals surface area (Å²) in [6, 6.07) is 10.3. The number of benzene rings is 1. The number of nitrogens with zero attached hydrogens (tertiary/aromatic N) is 2. The van der Waals surface area contributed by atoms with E-state index in [0.29, 0.717) is 17.6 Å². The zero-order valence-electron chi connectivity index (χ0n) is 12.6.